The Morgan fingerprint density at radius 2 is 2.19 bits per heavy atom. The van der Waals surface area contributed by atoms with Gasteiger partial charge >= 0.3 is 5.97 Å². The molecule has 0 spiro atoms. The van der Waals surface area contributed by atoms with Crippen molar-refractivity contribution in [3.8, 4) is 0 Å². The number of rotatable bonds is 4. The maximum atomic E-state index is 11.9. The van der Waals surface area contributed by atoms with Gasteiger partial charge < -0.3 is 10.0 Å². The van der Waals surface area contributed by atoms with Crippen molar-refractivity contribution in [3.63, 3.8) is 0 Å². The molecule has 16 heavy (non-hydrogen) atoms. The summed E-state index contributed by atoms with van der Waals surface area (Å²) in [4.78, 5) is 24.0. The number of aromatic nitrogens is 2. The summed E-state index contributed by atoms with van der Waals surface area (Å²) in [6.45, 7) is 3.41. The lowest BCUT2D eigenvalue weighted by Gasteiger charge is -2.34. The van der Waals surface area contributed by atoms with Crippen molar-refractivity contribution in [1.82, 2.24) is 15.1 Å². The van der Waals surface area contributed by atoms with E-state index in [9.17, 15) is 9.59 Å². The van der Waals surface area contributed by atoms with Crippen molar-refractivity contribution in [2.45, 2.75) is 25.8 Å². The van der Waals surface area contributed by atoms with E-state index in [1.165, 1.54) is 17.3 Å². The van der Waals surface area contributed by atoms with E-state index >= 15 is 0 Å². The number of nitrogens with one attached hydrogen (secondary N) is 1. The largest absolute Gasteiger partial charge is 0.481 e. The number of carbonyl (C=O) groups is 2. The molecule has 0 aliphatic rings. The van der Waals surface area contributed by atoms with Gasteiger partial charge in [-0.3, -0.25) is 14.7 Å². The summed E-state index contributed by atoms with van der Waals surface area (Å²) in [6, 6.07) is 0. The Bertz CT molecular complexity index is 384. The van der Waals surface area contributed by atoms with Crippen LogP contribution in [0.5, 0.6) is 0 Å². The highest BCUT2D eigenvalue weighted by atomic mass is 16.4. The van der Waals surface area contributed by atoms with Crippen molar-refractivity contribution in [2.75, 3.05) is 7.05 Å². The molecule has 0 saturated carbocycles. The molecular formula is C10H15N3O3. The first-order valence-corrected chi connectivity index (χ1v) is 4.83. The Labute approximate surface area is 93.3 Å². The van der Waals surface area contributed by atoms with Gasteiger partial charge in [0, 0.05) is 18.8 Å². The fraction of sp³-hybridized carbons (Fsp3) is 0.500. The van der Waals surface area contributed by atoms with Crippen molar-refractivity contribution in [2.24, 2.45) is 0 Å². The lowest BCUT2D eigenvalue weighted by molar-refractivity contribution is -0.139. The Morgan fingerprint density at radius 1 is 1.56 bits per heavy atom. The number of hydrogen-bond acceptors (Lipinski definition) is 3. The van der Waals surface area contributed by atoms with Crippen LogP contribution in [0.1, 0.15) is 30.6 Å². The molecule has 0 aliphatic heterocycles. The van der Waals surface area contributed by atoms with Crippen molar-refractivity contribution in [3.05, 3.63) is 18.0 Å². The number of carboxylic acid groups (broad SMARTS) is 1. The molecule has 0 unspecified atom stereocenters. The Morgan fingerprint density at radius 3 is 2.62 bits per heavy atom. The summed E-state index contributed by atoms with van der Waals surface area (Å²) in [5, 5.41) is 15.0. The predicted octanol–water partition coefficient (Wildman–Crippen LogP) is 0.735. The van der Waals surface area contributed by atoms with Crippen LogP contribution < -0.4 is 0 Å². The molecule has 0 aliphatic carbocycles. The normalized spacial score (nSPS) is 11.2. The highest BCUT2D eigenvalue weighted by Crippen LogP contribution is 2.19. The third-order valence-electron chi connectivity index (χ3n) is 2.54. The van der Waals surface area contributed by atoms with Gasteiger partial charge in [0.2, 0.25) is 0 Å². The number of carboxylic acids is 1. The maximum absolute atomic E-state index is 11.9. The van der Waals surface area contributed by atoms with Gasteiger partial charge in [-0.2, -0.15) is 5.10 Å². The first-order valence-electron chi connectivity index (χ1n) is 4.83. The van der Waals surface area contributed by atoms with Gasteiger partial charge in [0.15, 0.2) is 0 Å². The topological polar surface area (TPSA) is 86.3 Å². The van der Waals surface area contributed by atoms with Crippen LogP contribution in [0, 0.1) is 0 Å². The highest BCUT2D eigenvalue weighted by molar-refractivity contribution is 5.94. The summed E-state index contributed by atoms with van der Waals surface area (Å²) < 4.78 is 0. The minimum Gasteiger partial charge on any atom is -0.481 e. The van der Waals surface area contributed by atoms with Crippen LogP contribution in [0.2, 0.25) is 0 Å². The average Bonchev–Trinajstić information content (AvgIpc) is 2.66. The third-order valence-corrected chi connectivity index (χ3v) is 2.54. The minimum atomic E-state index is -0.933. The molecule has 1 rings (SSSR count). The van der Waals surface area contributed by atoms with Gasteiger partial charge in [-0.1, -0.05) is 0 Å². The number of aromatic amines is 1. The average molecular weight is 225 g/mol. The lowest BCUT2D eigenvalue weighted by atomic mass is 9.98. The molecule has 0 radical (unpaired) electrons. The Kier molecular flexibility index (Phi) is 3.31. The van der Waals surface area contributed by atoms with Gasteiger partial charge in [-0.25, -0.2) is 0 Å². The molecule has 6 nitrogen and oxygen atoms in total. The van der Waals surface area contributed by atoms with Gasteiger partial charge in [0.25, 0.3) is 5.91 Å². The molecule has 6 heteroatoms. The minimum absolute atomic E-state index is 0.104. The Hall–Kier alpha value is -1.85. The zero-order valence-electron chi connectivity index (χ0n) is 9.52. The quantitative estimate of drug-likeness (QED) is 0.791. The van der Waals surface area contributed by atoms with Crippen LogP contribution in [0.15, 0.2) is 12.4 Å². The van der Waals surface area contributed by atoms with Gasteiger partial charge in [0.05, 0.1) is 18.2 Å². The Balaban J connectivity index is 2.81. The van der Waals surface area contributed by atoms with E-state index in [1.54, 1.807) is 20.9 Å². The highest BCUT2D eigenvalue weighted by Gasteiger charge is 2.30. The SMILES string of the molecule is CN(C(=O)c1cn[nH]c1)C(C)(C)CC(=O)O. The molecule has 0 bridgehead atoms. The number of aliphatic carboxylic acids is 1. The van der Waals surface area contributed by atoms with E-state index in [2.05, 4.69) is 10.2 Å². The molecule has 0 aromatic carbocycles. The second kappa shape index (κ2) is 4.34. The van der Waals surface area contributed by atoms with Crippen LogP contribution in [0.25, 0.3) is 0 Å². The van der Waals surface area contributed by atoms with Crippen LogP contribution in [-0.2, 0) is 4.79 Å². The summed E-state index contributed by atoms with van der Waals surface area (Å²) in [5.74, 6) is -1.18. The zero-order valence-corrected chi connectivity index (χ0v) is 9.52. The molecule has 0 atom stereocenters. The van der Waals surface area contributed by atoms with Gasteiger partial charge in [-0.15, -0.1) is 0 Å². The molecule has 1 aromatic heterocycles. The second-order valence-electron chi connectivity index (χ2n) is 4.23. The number of H-pyrrole nitrogens is 1. The fourth-order valence-corrected chi connectivity index (χ4v) is 1.33. The fourth-order valence-electron chi connectivity index (χ4n) is 1.33. The molecular weight excluding hydrogens is 210 g/mol. The maximum Gasteiger partial charge on any atom is 0.305 e. The van der Waals surface area contributed by atoms with Gasteiger partial charge in [-0.05, 0) is 13.8 Å². The third kappa shape index (κ3) is 2.59. The van der Waals surface area contributed by atoms with E-state index in [4.69, 9.17) is 5.11 Å². The number of hydrogen-bond donors (Lipinski definition) is 2. The van der Waals surface area contributed by atoms with Crippen LogP contribution in [-0.4, -0.2) is 44.7 Å². The van der Waals surface area contributed by atoms with Gasteiger partial charge in [0.1, 0.15) is 0 Å². The van der Waals surface area contributed by atoms with Crippen molar-refractivity contribution < 1.29 is 14.7 Å². The number of amides is 1. The van der Waals surface area contributed by atoms with E-state index in [-0.39, 0.29) is 12.3 Å². The summed E-state index contributed by atoms with van der Waals surface area (Å²) >= 11 is 0. The van der Waals surface area contributed by atoms with Crippen LogP contribution in [0.3, 0.4) is 0 Å². The number of carbonyl (C=O) groups excluding carboxylic acids is 1. The predicted molar refractivity (Wildman–Crippen MR) is 57.0 cm³/mol. The first kappa shape index (κ1) is 12.2. The summed E-state index contributed by atoms with van der Waals surface area (Å²) in [5.41, 5.74) is -0.318. The summed E-state index contributed by atoms with van der Waals surface area (Å²) in [7, 11) is 1.58. The smallest absolute Gasteiger partial charge is 0.305 e. The zero-order chi connectivity index (χ0) is 12.3. The van der Waals surface area contributed by atoms with E-state index in [1.807, 2.05) is 0 Å². The molecule has 1 heterocycles. The summed E-state index contributed by atoms with van der Waals surface area (Å²) in [6.07, 6.45) is 2.79. The van der Waals surface area contributed by atoms with E-state index < -0.39 is 11.5 Å². The number of nitrogens with zero attached hydrogens (tertiary/aromatic N) is 2. The van der Waals surface area contributed by atoms with Crippen molar-refractivity contribution in [1.29, 1.82) is 0 Å². The molecule has 2 N–H and O–H groups in total. The molecule has 1 aromatic rings. The lowest BCUT2D eigenvalue weighted by Crippen LogP contribution is -2.46. The second-order valence-corrected chi connectivity index (χ2v) is 4.23. The van der Waals surface area contributed by atoms with Crippen LogP contribution >= 0.6 is 0 Å². The van der Waals surface area contributed by atoms with E-state index in [0.717, 1.165) is 0 Å². The monoisotopic (exact) mass is 225 g/mol. The first-order chi connectivity index (χ1) is 7.34. The van der Waals surface area contributed by atoms with Crippen LogP contribution in [0.4, 0.5) is 0 Å². The molecule has 1 amide bonds. The standard InChI is InChI=1S/C10H15N3O3/c1-10(2,4-8(14)15)13(3)9(16)7-5-11-12-6-7/h5-6H,4H2,1-3H3,(H,11,12)(H,14,15). The molecule has 0 fully saturated rings. The molecule has 0 saturated heterocycles. The van der Waals surface area contributed by atoms with Crippen molar-refractivity contribution >= 4 is 11.9 Å². The molecule has 88 valence electrons. The van der Waals surface area contributed by atoms with E-state index in [0.29, 0.717) is 5.56 Å².